The summed E-state index contributed by atoms with van der Waals surface area (Å²) in [6.07, 6.45) is 1.52. The van der Waals surface area contributed by atoms with Gasteiger partial charge in [0, 0.05) is 11.3 Å². The van der Waals surface area contributed by atoms with Crippen molar-refractivity contribution in [2.75, 3.05) is 19.0 Å². The Kier molecular flexibility index (Phi) is 8.07. The Morgan fingerprint density at radius 1 is 0.973 bits per heavy atom. The van der Waals surface area contributed by atoms with Crippen molar-refractivity contribution in [2.24, 2.45) is 0 Å². The zero-order valence-electron chi connectivity index (χ0n) is 21.1. The molecule has 0 aliphatic rings. The Bertz CT molecular complexity index is 1480. The maximum absolute atomic E-state index is 12.7. The van der Waals surface area contributed by atoms with Crippen LogP contribution in [0.25, 0.3) is 16.8 Å². The highest BCUT2D eigenvalue weighted by atomic mass is 16.5. The molecule has 4 aromatic rings. The molecule has 0 saturated carbocycles. The van der Waals surface area contributed by atoms with E-state index in [-0.39, 0.29) is 5.57 Å². The highest BCUT2D eigenvalue weighted by molar-refractivity contribution is 6.09. The monoisotopic (exact) mass is 492 g/mol. The van der Waals surface area contributed by atoms with Gasteiger partial charge >= 0.3 is 0 Å². The van der Waals surface area contributed by atoms with Crippen molar-refractivity contribution in [3.8, 4) is 23.3 Å². The predicted octanol–water partition coefficient (Wildman–Crippen LogP) is 6.68. The van der Waals surface area contributed by atoms with Crippen LogP contribution in [0.3, 0.4) is 0 Å². The topological polar surface area (TPSA) is 80.6 Å². The number of benzene rings is 4. The molecule has 0 radical (unpaired) electrons. The number of hydrogen-bond acceptors (Lipinski definition) is 5. The molecule has 37 heavy (non-hydrogen) atoms. The van der Waals surface area contributed by atoms with Crippen molar-refractivity contribution < 1.29 is 19.0 Å². The van der Waals surface area contributed by atoms with E-state index in [0.29, 0.717) is 41.7 Å². The number of nitrogens with one attached hydrogen (secondary N) is 1. The number of rotatable bonds is 9. The standard InChI is InChI=1S/C31H28N2O4/c1-4-36-26-14-12-25(13-15-26)33-31(34)24(19-32)17-22-10-16-29(30(18-22)35-3)37-20-28-21(2)9-11-23-7-5-6-8-27(23)28/h5-18H,4,20H2,1-3H3,(H,33,34)/b24-17+. The number of carbonyl (C=O) groups is 1. The quantitative estimate of drug-likeness (QED) is 0.208. The number of carbonyl (C=O) groups excluding carboxylic acids is 1. The van der Waals surface area contributed by atoms with Gasteiger partial charge in [0.1, 0.15) is 24.0 Å². The normalized spacial score (nSPS) is 11.0. The van der Waals surface area contributed by atoms with Crippen molar-refractivity contribution in [1.82, 2.24) is 0 Å². The van der Waals surface area contributed by atoms with Crippen LogP contribution in [0.1, 0.15) is 23.6 Å². The predicted molar refractivity (Wildman–Crippen MR) is 146 cm³/mol. The molecule has 0 atom stereocenters. The van der Waals surface area contributed by atoms with Gasteiger partial charge in [-0.15, -0.1) is 0 Å². The summed E-state index contributed by atoms with van der Waals surface area (Å²) in [6.45, 7) is 4.91. The van der Waals surface area contributed by atoms with E-state index < -0.39 is 5.91 Å². The van der Waals surface area contributed by atoms with Crippen LogP contribution in [0.2, 0.25) is 0 Å². The van der Waals surface area contributed by atoms with Crippen LogP contribution in [0.5, 0.6) is 17.2 Å². The summed E-state index contributed by atoms with van der Waals surface area (Å²) in [5.41, 5.74) is 3.44. The first kappa shape index (κ1) is 25.3. The Morgan fingerprint density at radius 2 is 1.76 bits per heavy atom. The number of methoxy groups -OCH3 is 1. The number of nitriles is 1. The summed E-state index contributed by atoms with van der Waals surface area (Å²) in [6, 6.07) is 26.7. The third-order valence-electron chi connectivity index (χ3n) is 5.93. The lowest BCUT2D eigenvalue weighted by Crippen LogP contribution is -2.13. The molecule has 0 spiro atoms. The van der Waals surface area contributed by atoms with E-state index in [9.17, 15) is 10.1 Å². The second-order valence-electron chi connectivity index (χ2n) is 8.36. The van der Waals surface area contributed by atoms with E-state index >= 15 is 0 Å². The van der Waals surface area contributed by atoms with Gasteiger partial charge in [-0.25, -0.2) is 0 Å². The van der Waals surface area contributed by atoms with Crippen LogP contribution in [0.4, 0.5) is 5.69 Å². The van der Waals surface area contributed by atoms with E-state index in [1.54, 1.807) is 49.6 Å². The first-order valence-corrected chi connectivity index (χ1v) is 12.0. The van der Waals surface area contributed by atoms with Crippen LogP contribution in [0.15, 0.2) is 84.4 Å². The minimum Gasteiger partial charge on any atom is -0.494 e. The fraction of sp³-hybridized carbons (Fsp3) is 0.161. The number of ether oxygens (including phenoxy) is 3. The molecule has 1 amide bonds. The van der Waals surface area contributed by atoms with E-state index in [2.05, 4.69) is 36.5 Å². The minimum atomic E-state index is -0.502. The van der Waals surface area contributed by atoms with Gasteiger partial charge in [-0.1, -0.05) is 42.5 Å². The third-order valence-corrected chi connectivity index (χ3v) is 5.93. The molecule has 0 fully saturated rings. The summed E-state index contributed by atoms with van der Waals surface area (Å²) in [5.74, 6) is 1.29. The maximum atomic E-state index is 12.7. The van der Waals surface area contributed by atoms with Gasteiger partial charge < -0.3 is 19.5 Å². The Labute approximate surface area is 216 Å². The maximum Gasteiger partial charge on any atom is 0.266 e. The Balaban J connectivity index is 1.50. The fourth-order valence-corrected chi connectivity index (χ4v) is 3.99. The number of amides is 1. The first-order valence-electron chi connectivity index (χ1n) is 12.0. The van der Waals surface area contributed by atoms with Crippen molar-refractivity contribution in [3.63, 3.8) is 0 Å². The summed E-state index contributed by atoms with van der Waals surface area (Å²) in [7, 11) is 1.56. The van der Waals surface area contributed by atoms with Crippen molar-refractivity contribution >= 4 is 28.4 Å². The number of fused-ring (bicyclic) bond motifs is 1. The molecule has 6 heteroatoms. The number of anilines is 1. The SMILES string of the molecule is CCOc1ccc(NC(=O)/C(C#N)=C/c2ccc(OCc3c(C)ccc4ccccc34)c(OC)c2)cc1. The van der Waals surface area contributed by atoms with E-state index in [0.717, 1.165) is 21.9 Å². The summed E-state index contributed by atoms with van der Waals surface area (Å²) in [4.78, 5) is 12.7. The smallest absolute Gasteiger partial charge is 0.266 e. The van der Waals surface area contributed by atoms with Gasteiger partial charge in [0.25, 0.3) is 5.91 Å². The Morgan fingerprint density at radius 3 is 2.49 bits per heavy atom. The fourth-order valence-electron chi connectivity index (χ4n) is 3.99. The van der Waals surface area contributed by atoms with Gasteiger partial charge in [-0.05, 0) is 78.2 Å². The van der Waals surface area contributed by atoms with Gasteiger partial charge in [0.15, 0.2) is 11.5 Å². The average molecular weight is 493 g/mol. The summed E-state index contributed by atoms with van der Waals surface area (Å²) in [5, 5.41) is 14.6. The van der Waals surface area contributed by atoms with Gasteiger partial charge in [-0.3, -0.25) is 4.79 Å². The lowest BCUT2D eigenvalue weighted by atomic mass is 10.0. The molecule has 0 heterocycles. The van der Waals surface area contributed by atoms with Gasteiger partial charge in [0.2, 0.25) is 0 Å². The second kappa shape index (κ2) is 11.8. The first-order chi connectivity index (χ1) is 18.0. The van der Waals surface area contributed by atoms with Crippen molar-refractivity contribution in [3.05, 3.63) is 101 Å². The highest BCUT2D eigenvalue weighted by Gasteiger charge is 2.13. The van der Waals surface area contributed by atoms with Crippen molar-refractivity contribution in [2.45, 2.75) is 20.5 Å². The molecule has 0 unspecified atom stereocenters. The van der Waals surface area contributed by atoms with Gasteiger partial charge in [0.05, 0.1) is 13.7 Å². The van der Waals surface area contributed by atoms with E-state index in [1.807, 2.05) is 25.1 Å². The number of hydrogen-bond donors (Lipinski definition) is 1. The number of aryl methyl sites for hydroxylation is 1. The largest absolute Gasteiger partial charge is 0.494 e. The summed E-state index contributed by atoms with van der Waals surface area (Å²) < 4.78 is 17.1. The number of nitrogens with zero attached hydrogens (tertiary/aromatic N) is 1. The molecule has 4 aromatic carbocycles. The average Bonchev–Trinajstić information content (AvgIpc) is 2.92. The molecule has 0 aromatic heterocycles. The summed E-state index contributed by atoms with van der Waals surface area (Å²) >= 11 is 0. The zero-order chi connectivity index (χ0) is 26.2. The van der Waals surface area contributed by atoms with Crippen LogP contribution >= 0.6 is 0 Å². The molecule has 6 nitrogen and oxygen atoms in total. The van der Waals surface area contributed by atoms with Gasteiger partial charge in [-0.2, -0.15) is 5.26 Å². The molecule has 186 valence electrons. The highest BCUT2D eigenvalue weighted by Crippen LogP contribution is 2.31. The van der Waals surface area contributed by atoms with Crippen molar-refractivity contribution in [1.29, 1.82) is 5.26 Å². The molecule has 4 rings (SSSR count). The van der Waals surface area contributed by atoms with Crippen LogP contribution in [-0.4, -0.2) is 19.6 Å². The molecular formula is C31H28N2O4. The van der Waals surface area contributed by atoms with Crippen LogP contribution in [0, 0.1) is 18.3 Å². The molecule has 0 saturated heterocycles. The lowest BCUT2D eigenvalue weighted by molar-refractivity contribution is -0.112. The van der Waals surface area contributed by atoms with Crippen LogP contribution in [-0.2, 0) is 11.4 Å². The van der Waals surface area contributed by atoms with E-state index in [4.69, 9.17) is 14.2 Å². The molecule has 0 aliphatic carbocycles. The molecule has 1 N–H and O–H groups in total. The molecular weight excluding hydrogens is 464 g/mol. The van der Waals surface area contributed by atoms with E-state index in [1.165, 1.54) is 6.08 Å². The Hall–Kier alpha value is -4.76. The minimum absolute atomic E-state index is 0.0315. The van der Waals surface area contributed by atoms with Crippen LogP contribution < -0.4 is 19.5 Å². The molecule has 0 aliphatic heterocycles. The second-order valence-corrected chi connectivity index (χ2v) is 8.36. The zero-order valence-corrected chi connectivity index (χ0v) is 21.1. The molecule has 0 bridgehead atoms. The lowest BCUT2D eigenvalue weighted by Gasteiger charge is -2.14. The third kappa shape index (κ3) is 6.09.